The lowest BCUT2D eigenvalue weighted by Gasteiger charge is -2.18. The highest BCUT2D eigenvalue weighted by Crippen LogP contribution is 2.33. The van der Waals surface area contributed by atoms with Crippen LogP contribution >= 0.6 is 0 Å². The monoisotopic (exact) mass is 566 g/mol. The first-order chi connectivity index (χ1) is 20.7. The molecule has 0 aliphatic carbocycles. The quantitative estimate of drug-likeness (QED) is 0.236. The first-order valence-electron chi connectivity index (χ1n) is 13.8. The van der Waals surface area contributed by atoms with Crippen LogP contribution in [0.25, 0.3) is 0 Å². The first kappa shape index (κ1) is 27.5. The second-order valence-electron chi connectivity index (χ2n) is 10.0. The lowest BCUT2D eigenvalue weighted by molar-refractivity contribution is -0.0289. The molecule has 0 amide bonds. The number of carbonyl (C=O) groups excluding carboxylic acids is 2. The van der Waals surface area contributed by atoms with E-state index in [-0.39, 0.29) is 13.2 Å². The molecule has 2 saturated heterocycles. The molecule has 8 nitrogen and oxygen atoms in total. The summed E-state index contributed by atoms with van der Waals surface area (Å²) in [6.45, 7) is 0.885. The summed E-state index contributed by atoms with van der Waals surface area (Å²) in [4.78, 5) is 26.3. The molecular formula is C34H30O8. The molecule has 4 aromatic carbocycles. The highest BCUT2D eigenvalue weighted by molar-refractivity contribution is 5.93. The first-order valence-corrected chi connectivity index (χ1v) is 13.8. The minimum Gasteiger partial charge on any atom is -0.488 e. The summed E-state index contributed by atoms with van der Waals surface area (Å²) in [6.07, 6.45) is -2.44. The topological polar surface area (TPSA) is 89.5 Å². The fourth-order valence-corrected chi connectivity index (χ4v) is 5.03. The van der Waals surface area contributed by atoms with Crippen LogP contribution in [-0.2, 0) is 32.2 Å². The van der Waals surface area contributed by atoms with Gasteiger partial charge in [-0.3, -0.25) is 0 Å². The minimum absolute atomic E-state index is 0.124. The van der Waals surface area contributed by atoms with Crippen LogP contribution in [0.5, 0.6) is 11.5 Å². The van der Waals surface area contributed by atoms with Crippen molar-refractivity contribution in [2.45, 2.75) is 37.6 Å². The van der Waals surface area contributed by atoms with Gasteiger partial charge in [-0.25, -0.2) is 9.59 Å². The molecule has 6 rings (SSSR count). The second-order valence-corrected chi connectivity index (χ2v) is 10.0. The van der Waals surface area contributed by atoms with Crippen LogP contribution in [0.3, 0.4) is 0 Å². The molecule has 0 bridgehead atoms. The van der Waals surface area contributed by atoms with Crippen molar-refractivity contribution >= 4 is 11.9 Å². The number of hydrogen-bond acceptors (Lipinski definition) is 8. The van der Waals surface area contributed by atoms with Crippen molar-refractivity contribution in [3.63, 3.8) is 0 Å². The van der Waals surface area contributed by atoms with E-state index >= 15 is 0 Å². The van der Waals surface area contributed by atoms with Gasteiger partial charge in [-0.1, -0.05) is 84.9 Å². The summed E-state index contributed by atoms with van der Waals surface area (Å²) in [5.74, 6) is -0.230. The van der Waals surface area contributed by atoms with Crippen molar-refractivity contribution in [1.29, 1.82) is 0 Å². The normalized spacial score (nSPS) is 20.9. The maximum absolute atomic E-state index is 13.2. The van der Waals surface area contributed by atoms with Crippen molar-refractivity contribution in [2.24, 2.45) is 0 Å². The zero-order chi connectivity index (χ0) is 28.7. The molecular weight excluding hydrogens is 536 g/mol. The van der Waals surface area contributed by atoms with Gasteiger partial charge in [0.05, 0.1) is 13.2 Å². The Balaban J connectivity index is 1.06. The molecule has 2 aliphatic heterocycles. The SMILES string of the molecule is O=C(O[C@H]1CO[C@H]2[C@@H]1OC[C@H]2OC(=O)c1ccccc1OCc1ccccc1)c1ccccc1OCc1ccccc1. The highest BCUT2D eigenvalue weighted by Gasteiger charge is 2.51. The Morgan fingerprint density at radius 1 is 0.548 bits per heavy atom. The van der Waals surface area contributed by atoms with Crippen LogP contribution in [0.15, 0.2) is 109 Å². The van der Waals surface area contributed by atoms with Crippen LogP contribution in [0.2, 0.25) is 0 Å². The maximum atomic E-state index is 13.2. The summed E-state index contributed by atoms with van der Waals surface area (Å²) in [7, 11) is 0. The van der Waals surface area contributed by atoms with Crippen molar-refractivity contribution in [3.05, 3.63) is 131 Å². The van der Waals surface area contributed by atoms with Gasteiger partial charge in [-0.2, -0.15) is 0 Å². The number of ether oxygens (including phenoxy) is 6. The van der Waals surface area contributed by atoms with Crippen LogP contribution in [-0.4, -0.2) is 49.6 Å². The largest absolute Gasteiger partial charge is 0.488 e. The second kappa shape index (κ2) is 12.9. The predicted molar refractivity (Wildman–Crippen MR) is 152 cm³/mol. The van der Waals surface area contributed by atoms with Gasteiger partial charge in [0.15, 0.2) is 12.2 Å². The summed E-state index contributed by atoms with van der Waals surface area (Å²) in [5, 5.41) is 0. The Morgan fingerprint density at radius 2 is 0.929 bits per heavy atom. The summed E-state index contributed by atoms with van der Waals surface area (Å²) >= 11 is 0. The van der Waals surface area contributed by atoms with E-state index in [2.05, 4.69) is 0 Å². The van der Waals surface area contributed by atoms with E-state index < -0.39 is 36.4 Å². The molecule has 0 radical (unpaired) electrons. The van der Waals surface area contributed by atoms with Crippen molar-refractivity contribution in [2.75, 3.05) is 13.2 Å². The van der Waals surface area contributed by atoms with Crippen LogP contribution in [0.1, 0.15) is 31.8 Å². The molecule has 2 fully saturated rings. The molecule has 0 unspecified atom stereocenters. The summed E-state index contributed by atoms with van der Waals surface area (Å²) in [6, 6.07) is 33.3. The Labute approximate surface area is 243 Å². The van der Waals surface area contributed by atoms with Gasteiger partial charge >= 0.3 is 11.9 Å². The number of esters is 2. The Morgan fingerprint density at radius 3 is 1.36 bits per heavy atom. The molecule has 0 N–H and O–H groups in total. The molecule has 0 spiro atoms. The predicted octanol–water partition coefficient (Wildman–Crippen LogP) is 5.39. The number of carbonyl (C=O) groups is 2. The van der Waals surface area contributed by atoms with E-state index in [1.165, 1.54) is 0 Å². The number of para-hydroxylation sites is 2. The molecule has 4 atom stereocenters. The highest BCUT2D eigenvalue weighted by atomic mass is 16.7. The Kier molecular flexibility index (Phi) is 8.44. The molecule has 8 heteroatoms. The van der Waals surface area contributed by atoms with Gasteiger partial charge in [0, 0.05) is 0 Å². The van der Waals surface area contributed by atoms with Crippen LogP contribution in [0.4, 0.5) is 0 Å². The number of benzene rings is 4. The molecule has 0 aromatic heterocycles. The Hall–Kier alpha value is -4.66. The van der Waals surface area contributed by atoms with E-state index in [9.17, 15) is 9.59 Å². The standard InChI is InChI=1S/C34H30O8/c35-33(25-15-7-9-17-27(25)37-19-23-11-3-1-4-12-23)41-29-21-39-32-30(22-40-31(29)32)42-34(36)26-16-8-10-18-28(26)38-20-24-13-5-2-6-14-24/h1-18,29-32H,19-22H2/t29-,30+,31-,32-/m1/s1. The fourth-order valence-electron chi connectivity index (χ4n) is 5.03. The van der Waals surface area contributed by atoms with Crippen molar-refractivity contribution in [3.8, 4) is 11.5 Å². The molecule has 214 valence electrons. The lowest BCUT2D eigenvalue weighted by Crippen LogP contribution is -2.36. The zero-order valence-electron chi connectivity index (χ0n) is 22.8. The number of rotatable bonds is 10. The van der Waals surface area contributed by atoms with Crippen molar-refractivity contribution < 1.29 is 38.0 Å². The minimum atomic E-state index is -0.658. The summed E-state index contributed by atoms with van der Waals surface area (Å²) in [5.41, 5.74) is 2.59. The third kappa shape index (κ3) is 6.30. The average Bonchev–Trinajstić information content (AvgIpc) is 3.63. The smallest absolute Gasteiger partial charge is 0.342 e. The molecule has 2 heterocycles. The van der Waals surface area contributed by atoms with Gasteiger partial charge in [0.25, 0.3) is 0 Å². The van der Waals surface area contributed by atoms with Gasteiger partial charge in [0.1, 0.15) is 48.0 Å². The molecule has 42 heavy (non-hydrogen) atoms. The number of hydrogen-bond donors (Lipinski definition) is 0. The molecule has 2 aliphatic rings. The van der Waals surface area contributed by atoms with E-state index in [0.29, 0.717) is 35.8 Å². The van der Waals surface area contributed by atoms with E-state index in [4.69, 9.17) is 28.4 Å². The fraction of sp³-hybridized carbons (Fsp3) is 0.235. The maximum Gasteiger partial charge on any atom is 0.342 e. The summed E-state index contributed by atoms with van der Waals surface area (Å²) < 4.78 is 35.3. The third-order valence-corrected chi connectivity index (χ3v) is 7.17. The van der Waals surface area contributed by atoms with Crippen LogP contribution < -0.4 is 9.47 Å². The number of fused-ring (bicyclic) bond motifs is 1. The van der Waals surface area contributed by atoms with E-state index in [1.807, 2.05) is 60.7 Å². The average molecular weight is 567 g/mol. The van der Waals surface area contributed by atoms with Gasteiger partial charge in [-0.05, 0) is 35.4 Å². The van der Waals surface area contributed by atoms with Crippen molar-refractivity contribution in [1.82, 2.24) is 0 Å². The molecule has 4 aromatic rings. The van der Waals surface area contributed by atoms with E-state index in [1.54, 1.807) is 48.5 Å². The third-order valence-electron chi connectivity index (χ3n) is 7.17. The zero-order valence-corrected chi connectivity index (χ0v) is 22.8. The van der Waals surface area contributed by atoms with E-state index in [0.717, 1.165) is 11.1 Å². The van der Waals surface area contributed by atoms with Crippen LogP contribution in [0, 0.1) is 0 Å². The van der Waals surface area contributed by atoms with Gasteiger partial charge in [-0.15, -0.1) is 0 Å². The van der Waals surface area contributed by atoms with Gasteiger partial charge < -0.3 is 28.4 Å². The van der Waals surface area contributed by atoms with Gasteiger partial charge in [0.2, 0.25) is 0 Å². The molecule has 0 saturated carbocycles. The Bertz CT molecular complexity index is 1390. The lowest BCUT2D eigenvalue weighted by atomic mass is 10.1.